The Hall–Kier alpha value is -1.78. The van der Waals surface area contributed by atoms with Crippen LogP contribution >= 0.6 is 46.4 Å². The lowest BCUT2D eigenvalue weighted by molar-refractivity contribution is 0.303. The zero-order valence-corrected chi connectivity index (χ0v) is 18.0. The predicted octanol–water partition coefficient (Wildman–Crippen LogP) is 7.50. The molecule has 0 bridgehead atoms. The average Bonchev–Trinajstić information content (AvgIpc) is 2.67. The van der Waals surface area contributed by atoms with Crippen LogP contribution in [-0.4, -0.2) is 7.11 Å². The maximum Gasteiger partial charge on any atom is 0.137 e. The highest BCUT2D eigenvalue weighted by Gasteiger charge is 2.09. The second-order valence-corrected chi connectivity index (χ2v) is 7.67. The van der Waals surface area contributed by atoms with Gasteiger partial charge in [-0.1, -0.05) is 52.5 Å². The minimum atomic E-state index is 0.318. The number of anilines is 1. The molecule has 0 aliphatic carbocycles. The van der Waals surface area contributed by atoms with Gasteiger partial charge in [0.05, 0.1) is 12.1 Å². The third-order valence-electron chi connectivity index (χ3n) is 4.06. The fourth-order valence-corrected chi connectivity index (χ4v) is 3.51. The van der Waals surface area contributed by atoms with Gasteiger partial charge in [-0.25, -0.2) is 0 Å². The van der Waals surface area contributed by atoms with Crippen molar-refractivity contribution in [1.29, 1.82) is 0 Å². The summed E-state index contributed by atoms with van der Waals surface area (Å²) in [6, 6.07) is 16.3. The molecular weight excluding hydrogens is 440 g/mol. The van der Waals surface area contributed by atoms with Crippen LogP contribution in [0.2, 0.25) is 20.1 Å². The smallest absolute Gasteiger partial charge is 0.137 e. The van der Waals surface area contributed by atoms with E-state index in [0.29, 0.717) is 44.7 Å². The van der Waals surface area contributed by atoms with Gasteiger partial charge in [-0.2, -0.15) is 0 Å². The lowest BCUT2D eigenvalue weighted by atomic mass is 10.2. The van der Waals surface area contributed by atoms with Gasteiger partial charge in [0.2, 0.25) is 0 Å². The van der Waals surface area contributed by atoms with Crippen LogP contribution in [0.25, 0.3) is 0 Å². The normalized spacial score (nSPS) is 10.6. The van der Waals surface area contributed by atoms with Crippen LogP contribution in [0.5, 0.6) is 11.5 Å². The SMILES string of the molecule is COc1ccc(NCc2cc(Cl)ccc2OCc2ccc(Cl)cc2Cl)cc1Cl. The maximum atomic E-state index is 6.22. The summed E-state index contributed by atoms with van der Waals surface area (Å²) in [5.41, 5.74) is 2.61. The number of benzene rings is 3. The molecule has 1 N–H and O–H groups in total. The molecule has 0 atom stereocenters. The summed E-state index contributed by atoms with van der Waals surface area (Å²) in [5.74, 6) is 1.33. The van der Waals surface area contributed by atoms with Crippen molar-refractivity contribution in [3.8, 4) is 11.5 Å². The molecule has 0 saturated heterocycles. The summed E-state index contributed by atoms with van der Waals surface area (Å²) in [6.45, 7) is 0.825. The molecule has 0 heterocycles. The summed E-state index contributed by atoms with van der Waals surface area (Å²) in [4.78, 5) is 0. The minimum Gasteiger partial charge on any atom is -0.495 e. The molecule has 3 aromatic carbocycles. The first-order valence-corrected chi connectivity index (χ1v) is 9.90. The van der Waals surface area contributed by atoms with Crippen LogP contribution in [0.4, 0.5) is 5.69 Å². The molecule has 3 nitrogen and oxygen atoms in total. The minimum absolute atomic E-state index is 0.318. The Bertz CT molecular complexity index is 979. The second kappa shape index (κ2) is 9.62. The van der Waals surface area contributed by atoms with Gasteiger partial charge in [0.15, 0.2) is 0 Å². The molecule has 0 amide bonds. The van der Waals surface area contributed by atoms with Crippen LogP contribution < -0.4 is 14.8 Å². The van der Waals surface area contributed by atoms with E-state index in [1.165, 1.54) is 0 Å². The standard InChI is InChI=1S/C21H17Cl4NO2/c1-27-21-7-5-17(10-19(21)25)26-11-14-8-15(22)4-6-20(14)28-12-13-2-3-16(23)9-18(13)24/h2-10,26H,11-12H2,1H3. The Labute approximate surface area is 184 Å². The van der Waals surface area contributed by atoms with Crippen LogP contribution in [0.15, 0.2) is 54.6 Å². The van der Waals surface area contributed by atoms with Gasteiger partial charge in [-0.05, 0) is 48.5 Å². The Morgan fingerprint density at radius 2 is 1.46 bits per heavy atom. The summed E-state index contributed by atoms with van der Waals surface area (Å²) < 4.78 is 11.1. The third kappa shape index (κ3) is 5.39. The topological polar surface area (TPSA) is 30.5 Å². The second-order valence-electron chi connectivity index (χ2n) is 5.98. The molecule has 7 heteroatoms. The Morgan fingerprint density at radius 3 is 2.18 bits per heavy atom. The highest BCUT2D eigenvalue weighted by Crippen LogP contribution is 2.30. The summed E-state index contributed by atoms with van der Waals surface area (Å²) in [6.07, 6.45) is 0. The van der Waals surface area contributed by atoms with Crippen LogP contribution in [0.1, 0.15) is 11.1 Å². The van der Waals surface area contributed by atoms with Gasteiger partial charge < -0.3 is 14.8 Å². The number of ether oxygens (including phenoxy) is 2. The summed E-state index contributed by atoms with van der Waals surface area (Å²) in [7, 11) is 1.58. The quantitative estimate of drug-likeness (QED) is 0.399. The number of hydrogen-bond acceptors (Lipinski definition) is 3. The van der Waals surface area contributed by atoms with Crippen molar-refractivity contribution in [3.63, 3.8) is 0 Å². The van der Waals surface area contributed by atoms with Gasteiger partial charge in [0.25, 0.3) is 0 Å². The van der Waals surface area contributed by atoms with E-state index < -0.39 is 0 Å². The molecule has 3 rings (SSSR count). The van der Waals surface area contributed by atoms with Crippen molar-refractivity contribution in [2.75, 3.05) is 12.4 Å². The molecule has 0 aromatic heterocycles. The predicted molar refractivity (Wildman–Crippen MR) is 118 cm³/mol. The Kier molecular flexibility index (Phi) is 7.19. The third-order valence-corrected chi connectivity index (χ3v) is 5.17. The number of halogens is 4. The van der Waals surface area contributed by atoms with Crippen molar-refractivity contribution in [3.05, 3.63) is 85.8 Å². The average molecular weight is 457 g/mol. The lowest BCUT2D eigenvalue weighted by Crippen LogP contribution is -2.04. The molecule has 3 aromatic rings. The highest BCUT2D eigenvalue weighted by atomic mass is 35.5. The lowest BCUT2D eigenvalue weighted by Gasteiger charge is -2.15. The first kappa shape index (κ1) is 20.9. The monoisotopic (exact) mass is 455 g/mol. The largest absolute Gasteiger partial charge is 0.495 e. The molecule has 0 aliphatic rings. The van der Waals surface area contributed by atoms with E-state index in [2.05, 4.69) is 5.32 Å². The van der Waals surface area contributed by atoms with Crippen LogP contribution in [0.3, 0.4) is 0 Å². The van der Waals surface area contributed by atoms with E-state index in [9.17, 15) is 0 Å². The molecule has 146 valence electrons. The summed E-state index contributed by atoms with van der Waals surface area (Å²) in [5, 5.41) is 5.63. The van der Waals surface area contributed by atoms with E-state index in [4.69, 9.17) is 55.9 Å². The first-order chi connectivity index (χ1) is 13.5. The molecule has 28 heavy (non-hydrogen) atoms. The van der Waals surface area contributed by atoms with Gasteiger partial charge in [-0.3, -0.25) is 0 Å². The molecule has 0 aliphatic heterocycles. The van der Waals surface area contributed by atoms with Crippen molar-refractivity contribution < 1.29 is 9.47 Å². The van der Waals surface area contributed by atoms with E-state index in [1.54, 1.807) is 31.4 Å². The van der Waals surface area contributed by atoms with E-state index in [-0.39, 0.29) is 0 Å². The van der Waals surface area contributed by atoms with Crippen molar-refractivity contribution in [2.24, 2.45) is 0 Å². The summed E-state index contributed by atoms with van der Waals surface area (Å²) >= 11 is 24.5. The van der Waals surface area contributed by atoms with Crippen molar-refractivity contribution in [1.82, 2.24) is 0 Å². The molecule has 0 unspecified atom stereocenters. The molecule has 0 spiro atoms. The Morgan fingerprint density at radius 1 is 0.750 bits per heavy atom. The van der Waals surface area contributed by atoms with Gasteiger partial charge in [0.1, 0.15) is 18.1 Å². The number of hydrogen-bond donors (Lipinski definition) is 1. The van der Waals surface area contributed by atoms with Gasteiger partial charge >= 0.3 is 0 Å². The highest BCUT2D eigenvalue weighted by molar-refractivity contribution is 6.35. The van der Waals surface area contributed by atoms with E-state index in [0.717, 1.165) is 16.8 Å². The zero-order chi connectivity index (χ0) is 20.1. The van der Waals surface area contributed by atoms with Crippen molar-refractivity contribution in [2.45, 2.75) is 13.2 Å². The van der Waals surface area contributed by atoms with Crippen LogP contribution in [-0.2, 0) is 13.2 Å². The first-order valence-electron chi connectivity index (χ1n) is 8.39. The molecule has 0 radical (unpaired) electrons. The number of rotatable bonds is 7. The fraction of sp³-hybridized carbons (Fsp3) is 0.143. The number of nitrogens with one attached hydrogen (secondary N) is 1. The molecule has 0 saturated carbocycles. The number of methoxy groups -OCH3 is 1. The fourth-order valence-electron chi connectivity index (χ4n) is 2.59. The van der Waals surface area contributed by atoms with Gasteiger partial charge in [-0.15, -0.1) is 0 Å². The maximum absolute atomic E-state index is 6.22. The van der Waals surface area contributed by atoms with E-state index >= 15 is 0 Å². The zero-order valence-electron chi connectivity index (χ0n) is 14.9. The Balaban J connectivity index is 1.72. The van der Waals surface area contributed by atoms with E-state index in [1.807, 2.05) is 30.3 Å². The van der Waals surface area contributed by atoms with Crippen LogP contribution in [0, 0.1) is 0 Å². The van der Waals surface area contributed by atoms with Gasteiger partial charge in [0, 0.05) is 38.4 Å². The molecule has 0 fully saturated rings. The molecular formula is C21H17Cl4NO2. The van der Waals surface area contributed by atoms with Crippen molar-refractivity contribution >= 4 is 52.1 Å².